The molecule has 4 atom stereocenters. The number of fused-ring (bicyclic) bond motifs is 1. The lowest BCUT2D eigenvalue weighted by atomic mass is 9.83. The minimum absolute atomic E-state index is 0.00376. The highest BCUT2D eigenvalue weighted by Gasteiger charge is 2.61. The highest BCUT2D eigenvalue weighted by atomic mass is 32.2. The number of nitrogens with zero attached hydrogens (tertiary/aromatic N) is 2. The molecule has 1 heterocycles. The summed E-state index contributed by atoms with van der Waals surface area (Å²) < 4.78 is 72.3. The second-order valence-corrected chi connectivity index (χ2v) is 11.9. The molecular formula is C25H28F3N3O3S. The number of nitrogens with one attached hydrogen (secondary N) is 1. The molecule has 1 aliphatic heterocycles. The molecule has 0 unspecified atom stereocenters. The second kappa shape index (κ2) is 8.90. The molecule has 0 spiro atoms. The zero-order valence-corrected chi connectivity index (χ0v) is 20.4. The van der Waals surface area contributed by atoms with Gasteiger partial charge in [0, 0.05) is 43.7 Å². The van der Waals surface area contributed by atoms with Crippen LogP contribution >= 0.6 is 0 Å². The Hall–Kier alpha value is -2.43. The third-order valence-corrected chi connectivity index (χ3v) is 9.08. The third kappa shape index (κ3) is 4.47. The number of carbonyl (C=O) groups excluding carboxylic acids is 1. The summed E-state index contributed by atoms with van der Waals surface area (Å²) in [5, 5.41) is 0. The van der Waals surface area contributed by atoms with Gasteiger partial charge < -0.3 is 4.90 Å². The summed E-state index contributed by atoms with van der Waals surface area (Å²) in [6.45, 7) is 0. The molecule has 2 aliphatic carbocycles. The molecule has 2 aromatic rings. The molecule has 6 nitrogen and oxygen atoms in total. The molecular weight excluding hydrogens is 479 g/mol. The van der Waals surface area contributed by atoms with Crippen molar-refractivity contribution < 1.29 is 26.4 Å². The van der Waals surface area contributed by atoms with Crippen LogP contribution in [0.2, 0.25) is 0 Å². The smallest absolute Gasteiger partial charge is 0.279 e. The van der Waals surface area contributed by atoms with Crippen molar-refractivity contribution in [3.63, 3.8) is 0 Å². The lowest BCUT2D eigenvalue weighted by molar-refractivity contribution is -0.140. The maximum atomic E-state index is 15.6. The van der Waals surface area contributed by atoms with Crippen LogP contribution < -0.4 is 4.72 Å². The summed E-state index contributed by atoms with van der Waals surface area (Å²) >= 11 is 0. The lowest BCUT2D eigenvalue weighted by Gasteiger charge is -2.37. The fraction of sp³-hybridized carbons (Fsp3) is 0.480. The summed E-state index contributed by atoms with van der Waals surface area (Å²) in [5.74, 6) is -2.35. The Morgan fingerprint density at radius 2 is 1.80 bits per heavy atom. The number of benzene rings is 2. The Balaban J connectivity index is 1.49. The molecule has 2 aromatic carbocycles. The van der Waals surface area contributed by atoms with Crippen LogP contribution in [0.25, 0.3) is 11.1 Å². The number of hydrogen-bond acceptors (Lipinski definition) is 3. The van der Waals surface area contributed by atoms with Gasteiger partial charge in [0.2, 0.25) is 5.91 Å². The highest BCUT2D eigenvalue weighted by molar-refractivity contribution is 7.87. The van der Waals surface area contributed by atoms with E-state index >= 15 is 4.39 Å². The first kappa shape index (κ1) is 24.3. The van der Waals surface area contributed by atoms with Crippen LogP contribution in [0.15, 0.2) is 36.4 Å². The van der Waals surface area contributed by atoms with Crippen molar-refractivity contribution in [2.45, 2.75) is 50.2 Å². The normalized spacial score (nSPS) is 26.1. The van der Waals surface area contributed by atoms with Gasteiger partial charge in [-0.3, -0.25) is 4.79 Å². The molecule has 0 radical (unpaired) electrons. The summed E-state index contributed by atoms with van der Waals surface area (Å²) in [6.07, 6.45) is 3.40. The Bertz CT molecular complexity index is 1250. The third-order valence-electron chi connectivity index (χ3n) is 7.55. The van der Waals surface area contributed by atoms with Crippen molar-refractivity contribution in [3.8, 4) is 11.1 Å². The number of hydrogen-bond donors (Lipinski definition) is 1. The minimum Gasteiger partial charge on any atom is -0.334 e. The van der Waals surface area contributed by atoms with Crippen molar-refractivity contribution >= 4 is 16.1 Å². The molecule has 188 valence electrons. The highest BCUT2D eigenvalue weighted by Crippen LogP contribution is 2.50. The van der Waals surface area contributed by atoms with Crippen LogP contribution in [0.5, 0.6) is 0 Å². The molecule has 10 heteroatoms. The average Bonchev–Trinajstić information content (AvgIpc) is 3.45. The molecule has 5 rings (SSSR count). The summed E-state index contributed by atoms with van der Waals surface area (Å²) in [6, 6.07) is 6.30. The molecule has 1 N–H and O–H groups in total. The van der Waals surface area contributed by atoms with Crippen LogP contribution in [0.1, 0.15) is 31.2 Å². The first-order valence-corrected chi connectivity index (χ1v) is 13.3. The van der Waals surface area contributed by atoms with Gasteiger partial charge in [0.25, 0.3) is 10.2 Å². The van der Waals surface area contributed by atoms with Gasteiger partial charge >= 0.3 is 0 Å². The van der Waals surface area contributed by atoms with Gasteiger partial charge in [-0.15, -0.1) is 0 Å². The molecule has 35 heavy (non-hydrogen) atoms. The minimum atomic E-state index is -3.78. The van der Waals surface area contributed by atoms with E-state index in [9.17, 15) is 22.0 Å². The number of likely N-dealkylation sites (tertiary alicyclic amines) is 1. The van der Waals surface area contributed by atoms with E-state index in [2.05, 4.69) is 4.72 Å². The largest absolute Gasteiger partial charge is 0.334 e. The Morgan fingerprint density at radius 1 is 1.11 bits per heavy atom. The van der Waals surface area contributed by atoms with E-state index in [-0.39, 0.29) is 46.9 Å². The molecule has 2 saturated carbocycles. The van der Waals surface area contributed by atoms with Gasteiger partial charge in [0.15, 0.2) is 0 Å². The van der Waals surface area contributed by atoms with E-state index in [1.54, 1.807) is 17.0 Å². The van der Waals surface area contributed by atoms with Crippen LogP contribution in [0, 0.1) is 29.3 Å². The van der Waals surface area contributed by atoms with Crippen molar-refractivity contribution in [3.05, 3.63) is 59.4 Å². The summed E-state index contributed by atoms with van der Waals surface area (Å²) in [4.78, 5) is 15.1. The zero-order valence-electron chi connectivity index (χ0n) is 19.5. The summed E-state index contributed by atoms with van der Waals surface area (Å²) in [7, 11) is -0.925. The van der Waals surface area contributed by atoms with Gasteiger partial charge in [-0.1, -0.05) is 24.6 Å². The Kier molecular flexibility index (Phi) is 6.17. The SMILES string of the molecule is CN(C)S(=O)(=O)N[C@@H]1[C@H]2C[C@H]2N(C(=O)C2CCC2)[C@@H]1Cc1cccc(-c2cc(F)cc(F)c2)c1F. The maximum absolute atomic E-state index is 15.6. The standard InChI is InChI=1S/C25H28F3N3O3S/c1-30(2)35(33,34)29-24-20-13-21(20)31(25(32)14-5-3-6-14)22(24)11-15-7-4-8-19(23(15)28)16-9-17(26)12-18(27)10-16/h4,7-10,12,14,20-22,24,29H,3,5-6,11,13H2,1-2H3/t20-,21+,22+,24+/m0/s1. The first-order chi connectivity index (χ1) is 16.6. The average molecular weight is 508 g/mol. The van der Waals surface area contributed by atoms with E-state index < -0.39 is 39.7 Å². The van der Waals surface area contributed by atoms with E-state index in [4.69, 9.17) is 0 Å². The van der Waals surface area contributed by atoms with Crippen molar-refractivity contribution in [1.29, 1.82) is 0 Å². The number of halogens is 3. The molecule has 1 amide bonds. The van der Waals surface area contributed by atoms with Crippen LogP contribution in [-0.2, 0) is 21.4 Å². The zero-order chi connectivity index (χ0) is 25.1. The summed E-state index contributed by atoms with van der Waals surface area (Å²) in [5.41, 5.74) is 0.383. The van der Waals surface area contributed by atoms with Crippen LogP contribution in [0.3, 0.4) is 0 Å². The monoisotopic (exact) mass is 507 g/mol. The predicted octanol–water partition coefficient (Wildman–Crippen LogP) is 3.48. The molecule has 0 aromatic heterocycles. The van der Waals surface area contributed by atoms with Gasteiger partial charge in [0.05, 0.1) is 6.04 Å². The topological polar surface area (TPSA) is 69.7 Å². The van der Waals surface area contributed by atoms with E-state index in [1.165, 1.54) is 20.2 Å². The molecule has 1 saturated heterocycles. The van der Waals surface area contributed by atoms with Crippen molar-refractivity contribution in [2.24, 2.45) is 11.8 Å². The van der Waals surface area contributed by atoms with Gasteiger partial charge in [0.1, 0.15) is 17.5 Å². The Morgan fingerprint density at radius 3 is 2.40 bits per heavy atom. The van der Waals surface area contributed by atoms with Gasteiger partial charge in [-0.05, 0) is 54.9 Å². The van der Waals surface area contributed by atoms with Crippen molar-refractivity contribution in [1.82, 2.24) is 13.9 Å². The predicted molar refractivity (Wildman–Crippen MR) is 125 cm³/mol. The molecule has 0 bridgehead atoms. The van der Waals surface area contributed by atoms with E-state index in [1.807, 2.05) is 0 Å². The van der Waals surface area contributed by atoms with Crippen LogP contribution in [-0.4, -0.2) is 55.8 Å². The van der Waals surface area contributed by atoms with Crippen LogP contribution in [0.4, 0.5) is 13.2 Å². The number of amides is 1. The maximum Gasteiger partial charge on any atom is 0.279 e. The fourth-order valence-electron chi connectivity index (χ4n) is 5.37. The van der Waals surface area contributed by atoms with Gasteiger partial charge in [-0.2, -0.15) is 17.4 Å². The number of carbonyl (C=O) groups is 1. The molecule has 3 fully saturated rings. The lowest BCUT2D eigenvalue weighted by Crippen LogP contribution is -2.54. The van der Waals surface area contributed by atoms with E-state index in [0.717, 1.165) is 41.8 Å². The van der Waals surface area contributed by atoms with Gasteiger partial charge in [-0.25, -0.2) is 13.2 Å². The second-order valence-electron chi connectivity index (χ2n) is 9.98. The van der Waals surface area contributed by atoms with E-state index in [0.29, 0.717) is 6.42 Å². The number of piperidine rings is 1. The Labute approximate surface area is 203 Å². The quantitative estimate of drug-likeness (QED) is 0.624. The number of rotatable bonds is 7. The first-order valence-electron chi connectivity index (χ1n) is 11.8. The molecule has 3 aliphatic rings. The van der Waals surface area contributed by atoms with Crippen molar-refractivity contribution in [2.75, 3.05) is 14.1 Å². The fourth-order valence-corrected chi connectivity index (χ4v) is 6.25.